The highest BCUT2D eigenvalue weighted by Gasteiger charge is 2.26. The van der Waals surface area contributed by atoms with Crippen molar-refractivity contribution in [3.63, 3.8) is 0 Å². The number of sulfonamides is 1. The summed E-state index contributed by atoms with van der Waals surface area (Å²) in [5.74, 6) is -1.66. The standard InChI is InChI=1S/C21H26FN3O6S/c1-21(2,13-26)25-32(29,30)17-10-8-16(9-11-17)23-20(28)18(12-31-3)24-19(27)14-4-6-15(22)7-5-14/h4-11,18,25-26H,12-13H2,1-3H3,(H,23,28)(H,24,27)/t18-/m0/s1. The molecule has 0 spiro atoms. The van der Waals surface area contributed by atoms with Crippen LogP contribution in [-0.4, -0.2) is 57.2 Å². The van der Waals surface area contributed by atoms with E-state index in [1.807, 2.05) is 0 Å². The number of carbonyl (C=O) groups excluding carboxylic acids is 2. The Morgan fingerprint density at radius 1 is 1.09 bits per heavy atom. The van der Waals surface area contributed by atoms with Crippen LogP contribution in [0.3, 0.4) is 0 Å². The van der Waals surface area contributed by atoms with E-state index in [0.29, 0.717) is 5.69 Å². The molecule has 0 heterocycles. The van der Waals surface area contributed by atoms with Gasteiger partial charge >= 0.3 is 0 Å². The van der Waals surface area contributed by atoms with Crippen molar-refractivity contribution in [1.29, 1.82) is 0 Å². The molecule has 0 aliphatic carbocycles. The first-order valence-corrected chi connectivity index (χ1v) is 11.1. The van der Waals surface area contributed by atoms with Crippen molar-refractivity contribution in [3.8, 4) is 0 Å². The van der Waals surface area contributed by atoms with Gasteiger partial charge in [-0.2, -0.15) is 0 Å². The van der Waals surface area contributed by atoms with Gasteiger partial charge in [0.15, 0.2) is 0 Å². The summed E-state index contributed by atoms with van der Waals surface area (Å²) in [6, 6.07) is 9.18. The number of ether oxygens (including phenoxy) is 1. The number of anilines is 1. The lowest BCUT2D eigenvalue weighted by molar-refractivity contribution is -0.119. The summed E-state index contributed by atoms with van der Waals surface area (Å²) in [6.45, 7) is 2.57. The van der Waals surface area contributed by atoms with Gasteiger partial charge in [0.05, 0.1) is 23.6 Å². The van der Waals surface area contributed by atoms with Gasteiger partial charge in [-0.15, -0.1) is 0 Å². The van der Waals surface area contributed by atoms with Gasteiger partial charge in [0.1, 0.15) is 11.9 Å². The van der Waals surface area contributed by atoms with Gasteiger partial charge in [-0.25, -0.2) is 17.5 Å². The van der Waals surface area contributed by atoms with E-state index in [1.54, 1.807) is 0 Å². The van der Waals surface area contributed by atoms with E-state index >= 15 is 0 Å². The predicted octanol–water partition coefficient (Wildman–Crippen LogP) is 1.26. The van der Waals surface area contributed by atoms with Crippen LogP contribution in [0.1, 0.15) is 24.2 Å². The third-order valence-corrected chi connectivity index (χ3v) is 6.01. The van der Waals surface area contributed by atoms with Gasteiger partial charge in [0.25, 0.3) is 5.91 Å². The molecule has 2 rings (SSSR count). The Kier molecular flexibility index (Phi) is 8.44. The molecule has 4 N–H and O–H groups in total. The summed E-state index contributed by atoms with van der Waals surface area (Å²) in [5, 5.41) is 14.4. The topological polar surface area (TPSA) is 134 Å². The zero-order valence-electron chi connectivity index (χ0n) is 17.9. The number of hydrogen-bond acceptors (Lipinski definition) is 6. The lowest BCUT2D eigenvalue weighted by atomic mass is 10.1. The number of methoxy groups -OCH3 is 1. The fourth-order valence-corrected chi connectivity index (χ4v) is 4.00. The predicted molar refractivity (Wildman–Crippen MR) is 116 cm³/mol. The molecule has 2 aromatic carbocycles. The summed E-state index contributed by atoms with van der Waals surface area (Å²) in [6.07, 6.45) is 0. The zero-order chi connectivity index (χ0) is 23.9. The van der Waals surface area contributed by atoms with Crippen molar-refractivity contribution in [3.05, 3.63) is 59.9 Å². The molecule has 174 valence electrons. The van der Waals surface area contributed by atoms with Crippen molar-refractivity contribution in [2.24, 2.45) is 0 Å². The number of aliphatic hydroxyl groups excluding tert-OH is 1. The molecular weight excluding hydrogens is 441 g/mol. The molecule has 0 unspecified atom stereocenters. The second-order valence-electron chi connectivity index (χ2n) is 7.65. The quantitative estimate of drug-likeness (QED) is 0.416. The summed E-state index contributed by atoms with van der Waals surface area (Å²) >= 11 is 0. The molecule has 0 saturated carbocycles. The highest BCUT2D eigenvalue weighted by atomic mass is 32.2. The summed E-state index contributed by atoms with van der Waals surface area (Å²) in [7, 11) is -2.51. The van der Waals surface area contributed by atoms with Crippen molar-refractivity contribution < 1.29 is 32.2 Å². The monoisotopic (exact) mass is 467 g/mol. The van der Waals surface area contributed by atoms with E-state index in [2.05, 4.69) is 15.4 Å². The molecule has 1 atom stereocenters. The highest BCUT2D eigenvalue weighted by molar-refractivity contribution is 7.89. The van der Waals surface area contributed by atoms with Crippen LogP contribution < -0.4 is 15.4 Å². The molecule has 2 aromatic rings. The maximum absolute atomic E-state index is 13.0. The molecule has 0 radical (unpaired) electrons. The average molecular weight is 468 g/mol. The number of hydrogen-bond donors (Lipinski definition) is 4. The second kappa shape index (κ2) is 10.6. The SMILES string of the molecule is COC[C@H](NC(=O)c1ccc(F)cc1)C(=O)Nc1ccc(S(=O)(=O)NC(C)(C)CO)cc1. The van der Waals surface area contributed by atoms with Crippen molar-refractivity contribution in [2.45, 2.75) is 30.3 Å². The van der Waals surface area contributed by atoms with Crippen molar-refractivity contribution in [1.82, 2.24) is 10.0 Å². The Bertz CT molecular complexity index is 1040. The van der Waals surface area contributed by atoms with E-state index in [-0.39, 0.29) is 23.7 Å². The highest BCUT2D eigenvalue weighted by Crippen LogP contribution is 2.16. The molecule has 0 bridgehead atoms. The molecule has 0 saturated heterocycles. The van der Waals surface area contributed by atoms with Crippen LogP contribution >= 0.6 is 0 Å². The van der Waals surface area contributed by atoms with Gasteiger partial charge in [-0.1, -0.05) is 0 Å². The summed E-state index contributed by atoms with van der Waals surface area (Å²) in [5.41, 5.74) is -0.567. The maximum Gasteiger partial charge on any atom is 0.251 e. The van der Waals surface area contributed by atoms with Gasteiger partial charge in [0, 0.05) is 18.4 Å². The minimum absolute atomic E-state index is 0.0462. The Balaban J connectivity index is 2.08. The van der Waals surface area contributed by atoms with Gasteiger partial charge in [-0.05, 0) is 62.4 Å². The van der Waals surface area contributed by atoms with Gasteiger partial charge < -0.3 is 20.5 Å². The minimum Gasteiger partial charge on any atom is -0.394 e. The third-order valence-electron chi connectivity index (χ3n) is 4.30. The Labute approximate surface area is 186 Å². The van der Waals surface area contributed by atoms with Crippen LogP contribution in [0.2, 0.25) is 0 Å². The number of aliphatic hydroxyl groups is 1. The van der Waals surface area contributed by atoms with E-state index in [9.17, 15) is 27.5 Å². The number of benzene rings is 2. The molecule has 11 heteroatoms. The van der Waals surface area contributed by atoms with Crippen LogP contribution in [0.5, 0.6) is 0 Å². The van der Waals surface area contributed by atoms with Crippen LogP contribution in [0.4, 0.5) is 10.1 Å². The number of halogens is 1. The third kappa shape index (κ3) is 7.09. The molecule has 2 amide bonds. The van der Waals surface area contributed by atoms with E-state index in [1.165, 1.54) is 57.4 Å². The molecule has 0 aliphatic rings. The van der Waals surface area contributed by atoms with E-state index < -0.39 is 39.2 Å². The zero-order valence-corrected chi connectivity index (χ0v) is 18.7. The number of carbonyl (C=O) groups is 2. The second-order valence-corrected chi connectivity index (χ2v) is 9.33. The molecule has 9 nitrogen and oxygen atoms in total. The van der Waals surface area contributed by atoms with Gasteiger partial charge in [-0.3, -0.25) is 9.59 Å². The maximum atomic E-state index is 13.0. The largest absolute Gasteiger partial charge is 0.394 e. The van der Waals surface area contributed by atoms with Gasteiger partial charge in [0.2, 0.25) is 15.9 Å². The van der Waals surface area contributed by atoms with E-state index in [4.69, 9.17) is 4.74 Å². The van der Waals surface area contributed by atoms with Crippen LogP contribution in [0, 0.1) is 5.82 Å². The Hall–Kier alpha value is -2.86. The fraction of sp³-hybridized carbons (Fsp3) is 0.333. The normalized spacial score (nSPS) is 12.8. The number of rotatable bonds is 10. The Morgan fingerprint density at radius 3 is 2.22 bits per heavy atom. The summed E-state index contributed by atoms with van der Waals surface area (Å²) < 4.78 is 45.2. The first-order chi connectivity index (χ1) is 15.0. The molecule has 0 aromatic heterocycles. The first kappa shape index (κ1) is 25.4. The molecule has 0 aliphatic heterocycles. The number of amides is 2. The Morgan fingerprint density at radius 2 is 1.69 bits per heavy atom. The van der Waals surface area contributed by atoms with Crippen LogP contribution in [0.15, 0.2) is 53.4 Å². The van der Waals surface area contributed by atoms with Crippen LogP contribution in [0.25, 0.3) is 0 Å². The van der Waals surface area contributed by atoms with E-state index in [0.717, 1.165) is 12.1 Å². The first-order valence-electron chi connectivity index (χ1n) is 9.58. The summed E-state index contributed by atoms with van der Waals surface area (Å²) in [4.78, 5) is 24.9. The lowest BCUT2D eigenvalue weighted by Gasteiger charge is -2.23. The average Bonchev–Trinajstić information content (AvgIpc) is 2.73. The smallest absolute Gasteiger partial charge is 0.251 e. The molecule has 32 heavy (non-hydrogen) atoms. The minimum atomic E-state index is -3.88. The number of nitrogens with one attached hydrogen (secondary N) is 3. The molecule has 0 fully saturated rings. The van der Waals surface area contributed by atoms with Crippen molar-refractivity contribution >= 4 is 27.5 Å². The molecular formula is C21H26FN3O6S. The lowest BCUT2D eigenvalue weighted by Crippen LogP contribution is -2.46. The fourth-order valence-electron chi connectivity index (χ4n) is 2.59. The van der Waals surface area contributed by atoms with Crippen molar-refractivity contribution in [2.75, 3.05) is 25.6 Å². The van der Waals surface area contributed by atoms with Crippen LogP contribution in [-0.2, 0) is 19.6 Å².